The smallest absolute Gasteiger partial charge is 0.134 e. The fourth-order valence-electron chi connectivity index (χ4n) is 1.62. The van der Waals surface area contributed by atoms with E-state index in [4.69, 9.17) is 16.7 Å². The maximum atomic E-state index is 8.93. The summed E-state index contributed by atoms with van der Waals surface area (Å²) in [5.74, 6) is 1.21. The summed E-state index contributed by atoms with van der Waals surface area (Å²) in [5, 5.41) is 12.6. The molecule has 0 amide bonds. The third-order valence-electron chi connectivity index (χ3n) is 2.44. The molecule has 0 fully saturated rings. The lowest BCUT2D eigenvalue weighted by atomic mass is 10.0. The quantitative estimate of drug-likeness (QED) is 0.722. The van der Waals surface area contributed by atoms with E-state index in [1.807, 2.05) is 0 Å². The van der Waals surface area contributed by atoms with E-state index in [2.05, 4.69) is 22.2 Å². The number of aromatic nitrogens is 2. The number of halogens is 1. The Hall–Kier alpha value is -0.870. The molecule has 0 aliphatic carbocycles. The average molecular weight is 244 g/mol. The topological polar surface area (TPSA) is 58.0 Å². The van der Waals surface area contributed by atoms with Crippen molar-refractivity contribution in [3.05, 3.63) is 17.5 Å². The van der Waals surface area contributed by atoms with Gasteiger partial charge >= 0.3 is 0 Å². The van der Waals surface area contributed by atoms with Crippen LogP contribution in [0.5, 0.6) is 0 Å². The molecule has 4 nitrogen and oxygen atoms in total. The Morgan fingerprint density at radius 1 is 1.44 bits per heavy atom. The average Bonchev–Trinajstić information content (AvgIpc) is 2.27. The van der Waals surface area contributed by atoms with E-state index in [1.165, 1.54) is 6.33 Å². The zero-order valence-electron chi connectivity index (χ0n) is 9.49. The maximum Gasteiger partial charge on any atom is 0.134 e. The van der Waals surface area contributed by atoms with Crippen molar-refractivity contribution in [1.82, 2.24) is 9.97 Å². The number of hydrogen-bond donors (Lipinski definition) is 2. The number of nitrogens with zero attached hydrogens (tertiary/aromatic N) is 2. The Morgan fingerprint density at radius 3 is 2.88 bits per heavy atom. The van der Waals surface area contributed by atoms with E-state index >= 15 is 0 Å². The number of hydrogen-bond acceptors (Lipinski definition) is 4. The second-order valence-corrected chi connectivity index (χ2v) is 4.16. The van der Waals surface area contributed by atoms with Crippen LogP contribution in [-0.4, -0.2) is 28.2 Å². The van der Waals surface area contributed by atoms with Crippen LogP contribution in [0.15, 0.2) is 12.4 Å². The predicted molar refractivity (Wildman–Crippen MR) is 65.6 cm³/mol. The Kier molecular flexibility index (Phi) is 6.11. The highest BCUT2D eigenvalue weighted by Crippen LogP contribution is 2.13. The normalized spacial score (nSPS) is 12.4. The van der Waals surface area contributed by atoms with Crippen LogP contribution in [0, 0.1) is 5.92 Å². The molecule has 2 N–H and O–H groups in total. The second-order valence-electron chi connectivity index (χ2n) is 3.77. The zero-order valence-corrected chi connectivity index (χ0v) is 10.2. The van der Waals surface area contributed by atoms with Crippen LogP contribution in [0.25, 0.3) is 0 Å². The summed E-state index contributed by atoms with van der Waals surface area (Å²) in [6.45, 7) is 3.19. The van der Waals surface area contributed by atoms with Crippen LogP contribution in [0.3, 0.4) is 0 Å². The van der Waals surface area contributed by atoms with Crippen LogP contribution in [0.2, 0.25) is 5.15 Å². The molecular weight excluding hydrogens is 226 g/mol. The summed E-state index contributed by atoms with van der Waals surface area (Å²) >= 11 is 5.75. The van der Waals surface area contributed by atoms with Gasteiger partial charge in [-0.15, -0.1) is 0 Å². The van der Waals surface area contributed by atoms with Gasteiger partial charge in [0, 0.05) is 19.2 Å². The van der Waals surface area contributed by atoms with Crippen molar-refractivity contribution in [2.75, 3.05) is 18.5 Å². The summed E-state index contributed by atoms with van der Waals surface area (Å²) in [7, 11) is 0. The minimum atomic E-state index is 0.233. The van der Waals surface area contributed by atoms with Gasteiger partial charge in [0.15, 0.2) is 0 Å². The Labute approximate surface area is 101 Å². The van der Waals surface area contributed by atoms with Crippen LogP contribution < -0.4 is 5.32 Å². The molecule has 0 saturated carbocycles. The van der Waals surface area contributed by atoms with E-state index in [1.54, 1.807) is 6.07 Å². The molecule has 1 rings (SSSR count). The van der Waals surface area contributed by atoms with Gasteiger partial charge in [-0.1, -0.05) is 24.9 Å². The van der Waals surface area contributed by atoms with Gasteiger partial charge < -0.3 is 10.4 Å². The molecule has 0 radical (unpaired) electrons. The number of rotatable bonds is 7. The first-order chi connectivity index (χ1) is 7.76. The molecule has 16 heavy (non-hydrogen) atoms. The van der Waals surface area contributed by atoms with E-state index in [0.717, 1.165) is 31.6 Å². The zero-order chi connectivity index (χ0) is 11.8. The van der Waals surface area contributed by atoms with Gasteiger partial charge in [-0.3, -0.25) is 0 Å². The van der Waals surface area contributed by atoms with Crippen LogP contribution >= 0.6 is 11.6 Å². The molecule has 1 unspecified atom stereocenters. The molecule has 0 aliphatic heterocycles. The SMILES string of the molecule is CCCC(CCO)CNc1cc(Cl)ncn1. The van der Waals surface area contributed by atoms with E-state index in [-0.39, 0.29) is 6.61 Å². The van der Waals surface area contributed by atoms with Crippen molar-refractivity contribution >= 4 is 17.4 Å². The van der Waals surface area contributed by atoms with Gasteiger partial charge in [-0.05, 0) is 18.8 Å². The van der Waals surface area contributed by atoms with E-state index in [9.17, 15) is 0 Å². The number of nitrogens with one attached hydrogen (secondary N) is 1. The minimum Gasteiger partial charge on any atom is -0.396 e. The summed E-state index contributed by atoms with van der Waals surface area (Å²) in [4.78, 5) is 7.88. The fourth-order valence-corrected chi connectivity index (χ4v) is 1.77. The molecule has 0 aliphatic rings. The molecule has 0 bridgehead atoms. The van der Waals surface area contributed by atoms with Gasteiger partial charge in [0.25, 0.3) is 0 Å². The van der Waals surface area contributed by atoms with Crippen molar-refractivity contribution in [3.8, 4) is 0 Å². The minimum absolute atomic E-state index is 0.233. The largest absolute Gasteiger partial charge is 0.396 e. The second kappa shape index (κ2) is 7.41. The van der Waals surface area contributed by atoms with Gasteiger partial charge in [0.2, 0.25) is 0 Å². The van der Waals surface area contributed by atoms with E-state index in [0.29, 0.717) is 11.1 Å². The van der Waals surface area contributed by atoms with Crippen molar-refractivity contribution in [1.29, 1.82) is 0 Å². The fraction of sp³-hybridized carbons (Fsp3) is 0.636. The maximum absolute atomic E-state index is 8.93. The van der Waals surface area contributed by atoms with Gasteiger partial charge in [-0.2, -0.15) is 0 Å². The number of aliphatic hydroxyl groups excluding tert-OH is 1. The van der Waals surface area contributed by atoms with Crippen molar-refractivity contribution in [2.24, 2.45) is 5.92 Å². The van der Waals surface area contributed by atoms with Crippen molar-refractivity contribution in [2.45, 2.75) is 26.2 Å². The molecule has 90 valence electrons. The third kappa shape index (κ3) is 4.77. The molecular formula is C11H18ClN3O. The summed E-state index contributed by atoms with van der Waals surface area (Å²) in [6, 6.07) is 1.70. The highest BCUT2D eigenvalue weighted by molar-refractivity contribution is 6.29. The van der Waals surface area contributed by atoms with Gasteiger partial charge in [0.1, 0.15) is 17.3 Å². The Bertz CT molecular complexity index is 303. The molecule has 1 heterocycles. The number of aliphatic hydroxyl groups is 1. The molecule has 0 aromatic carbocycles. The Morgan fingerprint density at radius 2 is 2.25 bits per heavy atom. The van der Waals surface area contributed by atoms with Crippen LogP contribution in [-0.2, 0) is 0 Å². The molecule has 5 heteroatoms. The van der Waals surface area contributed by atoms with Gasteiger partial charge in [-0.25, -0.2) is 9.97 Å². The van der Waals surface area contributed by atoms with Crippen molar-refractivity contribution in [3.63, 3.8) is 0 Å². The lowest BCUT2D eigenvalue weighted by molar-refractivity contribution is 0.255. The summed E-state index contributed by atoms with van der Waals surface area (Å²) in [5.41, 5.74) is 0. The van der Waals surface area contributed by atoms with Crippen LogP contribution in [0.1, 0.15) is 26.2 Å². The van der Waals surface area contributed by atoms with E-state index < -0.39 is 0 Å². The standard InChI is InChI=1S/C11H18ClN3O/c1-2-3-9(4-5-16)7-13-11-6-10(12)14-8-15-11/h6,8-9,16H,2-5,7H2,1H3,(H,13,14,15). The molecule has 0 spiro atoms. The number of anilines is 1. The highest BCUT2D eigenvalue weighted by Gasteiger charge is 2.07. The molecule has 1 aromatic heterocycles. The highest BCUT2D eigenvalue weighted by atomic mass is 35.5. The monoisotopic (exact) mass is 243 g/mol. The molecule has 1 aromatic rings. The lowest BCUT2D eigenvalue weighted by Gasteiger charge is -2.15. The third-order valence-corrected chi connectivity index (χ3v) is 2.65. The summed E-state index contributed by atoms with van der Waals surface area (Å²) in [6.07, 6.45) is 4.48. The molecule has 0 saturated heterocycles. The summed E-state index contributed by atoms with van der Waals surface area (Å²) < 4.78 is 0. The van der Waals surface area contributed by atoms with Gasteiger partial charge in [0.05, 0.1) is 0 Å². The first-order valence-electron chi connectivity index (χ1n) is 5.58. The Balaban J connectivity index is 2.41. The molecule has 1 atom stereocenters. The lowest BCUT2D eigenvalue weighted by Crippen LogP contribution is -2.16. The first-order valence-corrected chi connectivity index (χ1v) is 5.96. The van der Waals surface area contributed by atoms with Crippen molar-refractivity contribution < 1.29 is 5.11 Å². The van der Waals surface area contributed by atoms with Crippen LogP contribution in [0.4, 0.5) is 5.82 Å². The predicted octanol–water partition coefficient (Wildman–Crippen LogP) is 2.34. The first kappa shape index (κ1) is 13.2.